The van der Waals surface area contributed by atoms with E-state index in [-0.39, 0.29) is 26.1 Å². The third kappa shape index (κ3) is 53.4. The maximum absolute atomic E-state index is 12.7. The molecule has 0 amide bonds. The molecule has 0 N–H and O–H groups in total. The molecule has 0 aliphatic heterocycles. The van der Waals surface area contributed by atoms with Crippen LogP contribution in [0.3, 0.4) is 0 Å². The summed E-state index contributed by atoms with van der Waals surface area (Å²) in [6.07, 6.45) is 70.9. The Kier molecular flexibility index (Phi) is 46.4. The first-order valence-corrected chi connectivity index (χ1v) is 27.9. The summed E-state index contributed by atoms with van der Waals surface area (Å²) in [6, 6.07) is 0. The minimum absolute atomic E-state index is 0.0440. The Morgan fingerprint density at radius 3 is 1.23 bits per heavy atom. The van der Waals surface area contributed by atoms with Crippen molar-refractivity contribution in [3.05, 3.63) is 134 Å². The first kappa shape index (κ1) is 65.1. The molecule has 390 valence electrons. The summed E-state index contributed by atoms with van der Waals surface area (Å²) in [5.74, 6) is -0.889. The smallest absolute Gasteiger partial charge is 0.306 e. The number of unbranched alkanes of at least 4 members (excludes halogenated alkanes) is 10. The van der Waals surface area contributed by atoms with Gasteiger partial charge in [-0.05, 0) is 96.3 Å². The predicted molar refractivity (Wildman–Crippen MR) is 291 cm³/mol. The SMILES string of the molecule is CC/C=C\C/C=C\C/C=C\C/C=C\C/C=C\C/C=C\C/C=C\C/C=C\C/C=C\C/C=C\C/C=C\CCCCCC(=O)OC(COC(=O)CCCCCCCCCC)COP(=O)([O-])OCC[N+](C)(C)C. The fraction of sp³-hybridized carbons (Fsp3) is 0.593. The van der Waals surface area contributed by atoms with Crippen molar-refractivity contribution in [1.82, 2.24) is 0 Å². The summed E-state index contributed by atoms with van der Waals surface area (Å²) < 4.78 is 33.8. The maximum Gasteiger partial charge on any atom is 0.306 e. The fourth-order valence-corrected chi connectivity index (χ4v) is 7.09. The molecule has 2 atom stereocenters. The monoisotopic (exact) mass is 978 g/mol. The second-order valence-electron chi connectivity index (χ2n) is 18.2. The summed E-state index contributed by atoms with van der Waals surface area (Å²) in [6.45, 7) is 4.01. The highest BCUT2D eigenvalue weighted by atomic mass is 31.2. The summed E-state index contributed by atoms with van der Waals surface area (Å²) >= 11 is 0. The third-order valence-corrected chi connectivity index (χ3v) is 11.4. The van der Waals surface area contributed by atoms with Crippen LogP contribution in [-0.2, 0) is 32.7 Å². The lowest BCUT2D eigenvalue weighted by atomic mass is 10.1. The van der Waals surface area contributed by atoms with E-state index in [9.17, 15) is 19.0 Å². The molecule has 9 nitrogen and oxygen atoms in total. The fourth-order valence-electron chi connectivity index (χ4n) is 6.36. The molecule has 0 aliphatic rings. The van der Waals surface area contributed by atoms with E-state index >= 15 is 0 Å². The molecule has 0 spiro atoms. The second kappa shape index (κ2) is 49.1. The molecule has 0 radical (unpaired) electrons. The highest BCUT2D eigenvalue weighted by Gasteiger charge is 2.21. The molecule has 69 heavy (non-hydrogen) atoms. The standard InChI is InChI=1S/C59H96NO8P/c1-6-8-10-12-14-16-17-18-19-20-21-22-23-24-25-26-27-28-29-30-31-32-33-34-35-36-37-38-39-40-41-42-43-44-46-48-50-52-59(62)68-57(56-67-69(63,64)66-54-53-60(3,4)5)55-65-58(61)51-49-47-45-15-13-11-9-7-2/h8,10,14,16,18-19,21-22,24-25,27-28,30-31,33-34,36-37,39-40,42-43,57H,6-7,9,11-13,15,17,20,23,26,29,32,35,38,41,44-56H2,1-5H3/b10-8-,16-14-,19-18-,22-21-,25-24-,28-27-,31-30-,34-33-,37-36-,40-39-,43-42-. The lowest BCUT2D eigenvalue weighted by Gasteiger charge is -2.28. The number of ether oxygens (including phenoxy) is 2. The van der Waals surface area contributed by atoms with E-state index in [2.05, 4.69) is 148 Å². The number of allylic oxidation sites excluding steroid dienone is 22. The predicted octanol–water partition coefficient (Wildman–Crippen LogP) is 15.6. The van der Waals surface area contributed by atoms with Gasteiger partial charge in [-0.15, -0.1) is 0 Å². The molecule has 0 aliphatic carbocycles. The number of phosphoric acid groups is 1. The van der Waals surface area contributed by atoms with Gasteiger partial charge in [0, 0.05) is 12.8 Å². The zero-order valence-corrected chi connectivity index (χ0v) is 44.8. The third-order valence-electron chi connectivity index (χ3n) is 10.4. The van der Waals surface area contributed by atoms with Crippen LogP contribution in [0.15, 0.2) is 134 Å². The number of quaternary nitrogens is 1. The zero-order valence-electron chi connectivity index (χ0n) is 43.9. The number of phosphoric ester groups is 1. The Morgan fingerprint density at radius 2 is 0.826 bits per heavy atom. The molecule has 0 fully saturated rings. The Morgan fingerprint density at radius 1 is 0.464 bits per heavy atom. The van der Waals surface area contributed by atoms with Crippen LogP contribution in [0.2, 0.25) is 0 Å². The molecule has 0 bridgehead atoms. The first-order chi connectivity index (χ1) is 33.5. The average molecular weight is 978 g/mol. The molecule has 0 heterocycles. The summed E-state index contributed by atoms with van der Waals surface area (Å²) in [5, 5.41) is 0. The molecule has 0 rings (SSSR count). The highest BCUT2D eigenvalue weighted by molar-refractivity contribution is 7.45. The van der Waals surface area contributed by atoms with E-state index in [0.717, 1.165) is 116 Å². The van der Waals surface area contributed by atoms with Crippen LogP contribution in [-0.4, -0.2) is 70.0 Å². The van der Waals surface area contributed by atoms with Crippen LogP contribution in [0.4, 0.5) is 0 Å². The van der Waals surface area contributed by atoms with Gasteiger partial charge in [-0.3, -0.25) is 14.2 Å². The maximum atomic E-state index is 12.7. The van der Waals surface area contributed by atoms with Gasteiger partial charge >= 0.3 is 11.9 Å². The normalized spacial score (nSPS) is 14.5. The van der Waals surface area contributed by atoms with Gasteiger partial charge in [-0.25, -0.2) is 0 Å². The quantitative estimate of drug-likeness (QED) is 0.0195. The van der Waals surface area contributed by atoms with Gasteiger partial charge in [0.25, 0.3) is 7.82 Å². The number of carbonyl (C=O) groups excluding carboxylic acids is 2. The summed E-state index contributed by atoms with van der Waals surface area (Å²) in [7, 11) is 1.12. The molecular formula is C59H96NO8P. The number of likely N-dealkylation sites (N-methyl/N-ethyl adjacent to an activating group) is 1. The van der Waals surface area contributed by atoms with E-state index in [1.54, 1.807) is 0 Å². The van der Waals surface area contributed by atoms with Crippen molar-refractivity contribution in [3.8, 4) is 0 Å². The van der Waals surface area contributed by atoms with Crippen molar-refractivity contribution in [2.45, 2.75) is 180 Å². The number of nitrogens with zero attached hydrogens (tertiary/aromatic N) is 1. The molecule has 0 saturated carbocycles. The number of hydrogen-bond acceptors (Lipinski definition) is 8. The van der Waals surface area contributed by atoms with Crippen molar-refractivity contribution in [1.29, 1.82) is 0 Å². The van der Waals surface area contributed by atoms with Crippen LogP contribution in [0.1, 0.15) is 174 Å². The highest BCUT2D eigenvalue weighted by Crippen LogP contribution is 2.38. The minimum atomic E-state index is -4.64. The van der Waals surface area contributed by atoms with E-state index in [1.165, 1.54) is 25.7 Å². The van der Waals surface area contributed by atoms with Crippen LogP contribution in [0.5, 0.6) is 0 Å². The molecular weight excluding hydrogens is 882 g/mol. The van der Waals surface area contributed by atoms with Gasteiger partial charge in [-0.2, -0.15) is 0 Å². The van der Waals surface area contributed by atoms with Gasteiger partial charge in [0.2, 0.25) is 0 Å². The summed E-state index contributed by atoms with van der Waals surface area (Å²) in [4.78, 5) is 37.5. The van der Waals surface area contributed by atoms with Crippen molar-refractivity contribution in [2.24, 2.45) is 0 Å². The lowest BCUT2D eigenvalue weighted by molar-refractivity contribution is -0.870. The number of esters is 2. The number of rotatable bonds is 46. The lowest BCUT2D eigenvalue weighted by Crippen LogP contribution is -2.37. The Bertz CT molecular complexity index is 1620. The van der Waals surface area contributed by atoms with Gasteiger partial charge in [0.05, 0.1) is 27.7 Å². The van der Waals surface area contributed by atoms with Gasteiger partial charge in [0.1, 0.15) is 19.8 Å². The molecule has 10 heteroatoms. The van der Waals surface area contributed by atoms with Crippen molar-refractivity contribution < 1.29 is 42.1 Å². The van der Waals surface area contributed by atoms with Gasteiger partial charge in [0.15, 0.2) is 6.10 Å². The van der Waals surface area contributed by atoms with Crippen molar-refractivity contribution >= 4 is 19.8 Å². The minimum Gasteiger partial charge on any atom is -0.756 e. The number of carbonyl (C=O) groups is 2. The molecule has 2 unspecified atom stereocenters. The zero-order chi connectivity index (χ0) is 50.6. The molecule has 0 saturated heterocycles. The van der Waals surface area contributed by atoms with Crippen LogP contribution in [0, 0.1) is 0 Å². The number of hydrogen-bond donors (Lipinski definition) is 0. The van der Waals surface area contributed by atoms with Crippen LogP contribution >= 0.6 is 7.82 Å². The Balaban J connectivity index is 4.19. The Hall–Kier alpha value is -3.85. The Labute approximate surface area is 421 Å². The average Bonchev–Trinajstić information content (AvgIpc) is 3.31. The van der Waals surface area contributed by atoms with Crippen LogP contribution in [0.25, 0.3) is 0 Å². The molecule has 0 aromatic heterocycles. The van der Waals surface area contributed by atoms with E-state index in [1.807, 2.05) is 21.1 Å². The van der Waals surface area contributed by atoms with E-state index in [0.29, 0.717) is 17.4 Å². The summed E-state index contributed by atoms with van der Waals surface area (Å²) in [5.41, 5.74) is 0. The van der Waals surface area contributed by atoms with Crippen molar-refractivity contribution in [3.63, 3.8) is 0 Å². The van der Waals surface area contributed by atoms with E-state index in [4.69, 9.17) is 18.5 Å². The van der Waals surface area contributed by atoms with Gasteiger partial charge in [-0.1, -0.05) is 199 Å². The van der Waals surface area contributed by atoms with Crippen molar-refractivity contribution in [2.75, 3.05) is 47.5 Å². The first-order valence-electron chi connectivity index (χ1n) is 26.4. The topological polar surface area (TPSA) is 111 Å². The van der Waals surface area contributed by atoms with E-state index < -0.39 is 32.5 Å². The van der Waals surface area contributed by atoms with Gasteiger partial charge < -0.3 is 27.9 Å². The molecule has 0 aromatic carbocycles. The van der Waals surface area contributed by atoms with Crippen LogP contribution < -0.4 is 4.89 Å². The molecule has 0 aromatic rings. The second-order valence-corrected chi connectivity index (χ2v) is 19.6. The largest absolute Gasteiger partial charge is 0.756 e.